The van der Waals surface area contributed by atoms with Crippen LogP contribution in [0.15, 0.2) is 71.6 Å². The van der Waals surface area contributed by atoms with Crippen LogP contribution < -0.4 is 15.6 Å². The number of nitrogens with zero attached hydrogens (tertiary/aromatic N) is 1. The molecule has 0 radical (unpaired) electrons. The van der Waals surface area contributed by atoms with Gasteiger partial charge in [0.25, 0.3) is 0 Å². The Morgan fingerprint density at radius 3 is 2.34 bits per heavy atom. The highest BCUT2D eigenvalue weighted by molar-refractivity contribution is 7.89. The SMILES string of the molecule is CCOc1ccc(S(=O)(=O)N2CCC(C(=O)NNC(=O)Cc3cccc4ccccc34)CC2)cc1. The molecular weight excluding hydrogens is 466 g/mol. The quantitative estimate of drug-likeness (QED) is 0.491. The highest BCUT2D eigenvalue weighted by atomic mass is 32.2. The largest absolute Gasteiger partial charge is 0.494 e. The number of hydrogen-bond donors (Lipinski definition) is 2. The number of nitrogens with one attached hydrogen (secondary N) is 2. The molecule has 1 fully saturated rings. The van der Waals surface area contributed by atoms with Crippen molar-refractivity contribution in [2.75, 3.05) is 19.7 Å². The van der Waals surface area contributed by atoms with Gasteiger partial charge in [-0.15, -0.1) is 0 Å². The van der Waals surface area contributed by atoms with Crippen LogP contribution in [-0.2, 0) is 26.0 Å². The summed E-state index contributed by atoms with van der Waals surface area (Å²) in [6, 6.07) is 19.9. The molecular formula is C26H29N3O5S. The smallest absolute Gasteiger partial charge is 0.243 e. The summed E-state index contributed by atoms with van der Waals surface area (Å²) in [6.45, 7) is 2.84. The van der Waals surface area contributed by atoms with Crippen LogP contribution in [0.1, 0.15) is 25.3 Å². The van der Waals surface area contributed by atoms with Gasteiger partial charge in [0.05, 0.1) is 17.9 Å². The van der Waals surface area contributed by atoms with Gasteiger partial charge in [-0.05, 0) is 60.4 Å². The molecule has 3 aromatic carbocycles. The molecule has 0 aromatic heterocycles. The maximum Gasteiger partial charge on any atom is 0.243 e. The average molecular weight is 496 g/mol. The fraction of sp³-hybridized carbons (Fsp3) is 0.308. The Morgan fingerprint density at radius 1 is 0.943 bits per heavy atom. The number of fused-ring (bicyclic) bond motifs is 1. The third-order valence-corrected chi connectivity index (χ3v) is 8.07. The van der Waals surface area contributed by atoms with E-state index in [1.54, 1.807) is 12.1 Å². The first kappa shape index (κ1) is 24.7. The van der Waals surface area contributed by atoms with Crippen molar-refractivity contribution in [1.29, 1.82) is 0 Å². The van der Waals surface area contributed by atoms with E-state index in [1.165, 1.54) is 16.4 Å². The minimum Gasteiger partial charge on any atom is -0.494 e. The van der Waals surface area contributed by atoms with E-state index in [4.69, 9.17) is 4.74 Å². The number of amides is 2. The van der Waals surface area contributed by atoms with Crippen LogP contribution in [0, 0.1) is 5.92 Å². The van der Waals surface area contributed by atoms with Gasteiger partial charge in [0, 0.05) is 19.0 Å². The molecule has 4 rings (SSSR count). The molecule has 0 atom stereocenters. The summed E-state index contributed by atoms with van der Waals surface area (Å²) in [6.07, 6.45) is 0.892. The molecule has 9 heteroatoms. The van der Waals surface area contributed by atoms with Crippen LogP contribution in [0.25, 0.3) is 10.8 Å². The Balaban J connectivity index is 1.27. The van der Waals surface area contributed by atoms with Crippen LogP contribution in [0.2, 0.25) is 0 Å². The van der Waals surface area contributed by atoms with Gasteiger partial charge in [-0.3, -0.25) is 20.4 Å². The Bertz CT molecular complexity index is 1290. The van der Waals surface area contributed by atoms with E-state index < -0.39 is 10.0 Å². The standard InChI is InChI=1S/C26H29N3O5S/c1-2-34-22-10-12-23(13-11-22)35(32,33)29-16-14-20(15-17-29)26(31)28-27-25(30)18-21-8-5-7-19-6-3-4-9-24(19)21/h3-13,20H,2,14-18H2,1H3,(H,27,30)(H,28,31). The number of carbonyl (C=O) groups is 2. The topological polar surface area (TPSA) is 105 Å². The van der Waals surface area contributed by atoms with Crippen molar-refractivity contribution in [2.45, 2.75) is 31.1 Å². The van der Waals surface area contributed by atoms with E-state index in [1.807, 2.05) is 49.4 Å². The second-order valence-corrected chi connectivity index (χ2v) is 10.4. The molecule has 2 amide bonds. The average Bonchev–Trinajstić information content (AvgIpc) is 2.88. The summed E-state index contributed by atoms with van der Waals surface area (Å²) in [4.78, 5) is 25.2. The molecule has 0 aliphatic carbocycles. The van der Waals surface area contributed by atoms with Gasteiger partial charge in [-0.2, -0.15) is 4.31 Å². The monoisotopic (exact) mass is 495 g/mol. The molecule has 1 saturated heterocycles. The van der Waals surface area contributed by atoms with E-state index in [2.05, 4.69) is 10.9 Å². The predicted octanol–water partition coefficient (Wildman–Crippen LogP) is 3.03. The van der Waals surface area contributed by atoms with Crippen molar-refractivity contribution >= 4 is 32.6 Å². The van der Waals surface area contributed by atoms with Crippen molar-refractivity contribution in [2.24, 2.45) is 5.92 Å². The third kappa shape index (κ3) is 5.80. The Morgan fingerprint density at radius 2 is 1.63 bits per heavy atom. The van der Waals surface area contributed by atoms with Crippen molar-refractivity contribution in [3.63, 3.8) is 0 Å². The second kappa shape index (κ2) is 10.9. The van der Waals surface area contributed by atoms with Gasteiger partial charge in [0.15, 0.2) is 0 Å². The summed E-state index contributed by atoms with van der Waals surface area (Å²) in [7, 11) is -3.64. The molecule has 0 saturated carbocycles. The van der Waals surface area contributed by atoms with Crippen LogP contribution in [0.5, 0.6) is 5.75 Å². The zero-order valence-corrected chi connectivity index (χ0v) is 20.4. The number of ether oxygens (including phenoxy) is 1. The number of sulfonamides is 1. The minimum absolute atomic E-state index is 0.139. The predicted molar refractivity (Wildman–Crippen MR) is 133 cm³/mol. The fourth-order valence-corrected chi connectivity index (χ4v) is 5.75. The van der Waals surface area contributed by atoms with Crippen LogP contribution >= 0.6 is 0 Å². The van der Waals surface area contributed by atoms with Crippen molar-refractivity contribution in [3.8, 4) is 5.75 Å². The van der Waals surface area contributed by atoms with Crippen LogP contribution in [-0.4, -0.2) is 44.2 Å². The normalized spacial score (nSPS) is 15.0. The van der Waals surface area contributed by atoms with E-state index in [0.29, 0.717) is 25.2 Å². The molecule has 1 aliphatic rings. The van der Waals surface area contributed by atoms with Crippen LogP contribution in [0.4, 0.5) is 0 Å². The van der Waals surface area contributed by atoms with Crippen LogP contribution in [0.3, 0.4) is 0 Å². The summed E-state index contributed by atoms with van der Waals surface area (Å²) < 4.78 is 32.6. The van der Waals surface area contributed by atoms with Gasteiger partial charge in [-0.1, -0.05) is 42.5 Å². The van der Waals surface area contributed by atoms with E-state index >= 15 is 0 Å². The van der Waals surface area contributed by atoms with Crippen molar-refractivity contribution in [3.05, 3.63) is 72.3 Å². The molecule has 184 valence electrons. The molecule has 3 aromatic rings. The van der Waals surface area contributed by atoms with E-state index in [-0.39, 0.29) is 42.1 Å². The van der Waals surface area contributed by atoms with Gasteiger partial charge >= 0.3 is 0 Å². The molecule has 0 spiro atoms. The zero-order chi connectivity index (χ0) is 24.8. The van der Waals surface area contributed by atoms with Crippen molar-refractivity contribution < 1.29 is 22.7 Å². The highest BCUT2D eigenvalue weighted by Gasteiger charge is 2.32. The molecule has 0 bridgehead atoms. The lowest BCUT2D eigenvalue weighted by Gasteiger charge is -2.30. The molecule has 1 aliphatic heterocycles. The molecule has 2 N–H and O–H groups in total. The van der Waals surface area contributed by atoms with Gasteiger partial charge < -0.3 is 4.74 Å². The molecule has 8 nitrogen and oxygen atoms in total. The fourth-order valence-electron chi connectivity index (χ4n) is 4.28. The number of hydrazine groups is 1. The molecule has 0 unspecified atom stereocenters. The Hall–Kier alpha value is -3.43. The van der Waals surface area contributed by atoms with Gasteiger partial charge in [0.2, 0.25) is 21.8 Å². The second-order valence-electron chi connectivity index (χ2n) is 8.44. The molecule has 1 heterocycles. The van der Waals surface area contributed by atoms with E-state index in [0.717, 1.165) is 16.3 Å². The first-order chi connectivity index (χ1) is 16.9. The first-order valence-electron chi connectivity index (χ1n) is 11.7. The lowest BCUT2D eigenvalue weighted by atomic mass is 9.97. The highest BCUT2D eigenvalue weighted by Crippen LogP contribution is 2.25. The summed E-state index contributed by atoms with van der Waals surface area (Å²) >= 11 is 0. The third-order valence-electron chi connectivity index (χ3n) is 6.15. The summed E-state index contributed by atoms with van der Waals surface area (Å²) in [5.41, 5.74) is 5.87. The van der Waals surface area contributed by atoms with Gasteiger partial charge in [-0.25, -0.2) is 8.42 Å². The van der Waals surface area contributed by atoms with Crippen molar-refractivity contribution in [1.82, 2.24) is 15.2 Å². The number of benzene rings is 3. The number of rotatable bonds is 7. The lowest BCUT2D eigenvalue weighted by molar-refractivity contribution is -0.131. The number of piperidine rings is 1. The minimum atomic E-state index is -3.64. The Labute approximate surface area is 205 Å². The maximum atomic E-state index is 12.9. The summed E-state index contributed by atoms with van der Waals surface area (Å²) in [5, 5.41) is 2.05. The number of carbonyl (C=O) groups excluding carboxylic acids is 2. The molecule has 35 heavy (non-hydrogen) atoms. The van der Waals surface area contributed by atoms with E-state index in [9.17, 15) is 18.0 Å². The summed E-state index contributed by atoms with van der Waals surface area (Å²) in [5.74, 6) is -0.386. The number of hydrogen-bond acceptors (Lipinski definition) is 5. The first-order valence-corrected chi connectivity index (χ1v) is 13.1. The lowest BCUT2D eigenvalue weighted by Crippen LogP contribution is -2.48. The zero-order valence-electron chi connectivity index (χ0n) is 19.6. The Kier molecular flexibility index (Phi) is 7.67. The maximum absolute atomic E-state index is 12.9. The van der Waals surface area contributed by atoms with Gasteiger partial charge in [0.1, 0.15) is 5.75 Å².